The summed E-state index contributed by atoms with van der Waals surface area (Å²) in [6.07, 6.45) is -3.88. The molecule has 0 aliphatic heterocycles. The number of aliphatic hydroxyl groups is 1. The average molecular weight is 418 g/mol. The Morgan fingerprint density at radius 2 is 1.93 bits per heavy atom. The van der Waals surface area contributed by atoms with Gasteiger partial charge < -0.3 is 10.4 Å². The zero-order valence-corrected chi connectivity index (χ0v) is 15.5. The van der Waals surface area contributed by atoms with Crippen molar-refractivity contribution in [3.8, 4) is 5.69 Å². The second-order valence-electron chi connectivity index (χ2n) is 6.05. The number of rotatable bonds is 4. The highest BCUT2D eigenvalue weighted by molar-refractivity contribution is 7.18. The minimum atomic E-state index is -4.78. The summed E-state index contributed by atoms with van der Waals surface area (Å²) in [4.78, 5) is 16.8. The van der Waals surface area contributed by atoms with E-state index in [1.54, 1.807) is 30.3 Å². The topological polar surface area (TPSA) is 80.0 Å². The number of thiazole rings is 1. The fraction of sp³-hybridized carbons (Fsp3) is 0.105. The number of hydrogen-bond donors (Lipinski definition) is 2. The first-order chi connectivity index (χ1) is 13.9. The number of amides is 1. The number of anilines is 1. The molecule has 0 saturated carbocycles. The number of alkyl halides is 3. The van der Waals surface area contributed by atoms with Crippen molar-refractivity contribution in [1.82, 2.24) is 14.8 Å². The summed E-state index contributed by atoms with van der Waals surface area (Å²) in [5.74, 6) is -0.934. The summed E-state index contributed by atoms with van der Waals surface area (Å²) in [5, 5.41) is 15.9. The SMILES string of the molecule is O=C(Nc1ccc2sc(CO)nc2c1)c1cnn(-c2ccccc2)c1C(F)(F)F. The molecule has 1 amide bonds. The summed E-state index contributed by atoms with van der Waals surface area (Å²) in [6, 6.07) is 12.6. The number of aromatic nitrogens is 3. The molecule has 4 rings (SSSR count). The van der Waals surface area contributed by atoms with Crippen LogP contribution in [0.15, 0.2) is 54.7 Å². The number of para-hydroxylation sites is 1. The monoisotopic (exact) mass is 418 g/mol. The van der Waals surface area contributed by atoms with Crippen LogP contribution in [0.3, 0.4) is 0 Å². The van der Waals surface area contributed by atoms with E-state index in [4.69, 9.17) is 5.11 Å². The van der Waals surface area contributed by atoms with Gasteiger partial charge in [-0.2, -0.15) is 18.3 Å². The normalized spacial score (nSPS) is 11.7. The van der Waals surface area contributed by atoms with E-state index in [1.165, 1.54) is 29.5 Å². The zero-order chi connectivity index (χ0) is 20.6. The van der Waals surface area contributed by atoms with Gasteiger partial charge in [0.1, 0.15) is 5.01 Å². The van der Waals surface area contributed by atoms with Crippen molar-refractivity contribution in [2.75, 3.05) is 5.32 Å². The van der Waals surface area contributed by atoms with Crippen LogP contribution in [0.1, 0.15) is 21.1 Å². The number of carbonyl (C=O) groups is 1. The van der Waals surface area contributed by atoms with E-state index in [0.29, 0.717) is 15.2 Å². The van der Waals surface area contributed by atoms with Gasteiger partial charge in [-0.1, -0.05) is 18.2 Å². The van der Waals surface area contributed by atoms with Crippen LogP contribution in [-0.4, -0.2) is 25.8 Å². The minimum absolute atomic E-state index is 0.194. The van der Waals surface area contributed by atoms with Crippen molar-refractivity contribution in [3.05, 3.63) is 71.0 Å². The fourth-order valence-electron chi connectivity index (χ4n) is 2.87. The minimum Gasteiger partial charge on any atom is -0.389 e. The lowest BCUT2D eigenvalue weighted by atomic mass is 10.2. The Bertz CT molecular complexity index is 1190. The number of nitrogens with zero attached hydrogens (tertiary/aromatic N) is 3. The van der Waals surface area contributed by atoms with Gasteiger partial charge in [-0.15, -0.1) is 11.3 Å². The number of fused-ring (bicyclic) bond motifs is 1. The lowest BCUT2D eigenvalue weighted by Crippen LogP contribution is -2.20. The molecule has 0 unspecified atom stereocenters. The van der Waals surface area contributed by atoms with Crippen molar-refractivity contribution in [1.29, 1.82) is 0 Å². The summed E-state index contributed by atoms with van der Waals surface area (Å²) >= 11 is 1.29. The second kappa shape index (κ2) is 7.30. The Hall–Kier alpha value is -3.24. The summed E-state index contributed by atoms with van der Waals surface area (Å²) in [7, 11) is 0. The molecule has 0 aliphatic carbocycles. The van der Waals surface area contributed by atoms with Crippen molar-refractivity contribution in [3.63, 3.8) is 0 Å². The van der Waals surface area contributed by atoms with Gasteiger partial charge in [0.25, 0.3) is 5.91 Å². The van der Waals surface area contributed by atoms with E-state index in [1.807, 2.05) is 0 Å². The van der Waals surface area contributed by atoms with E-state index in [0.717, 1.165) is 10.9 Å². The van der Waals surface area contributed by atoms with Crippen molar-refractivity contribution < 1.29 is 23.1 Å². The number of benzene rings is 2. The zero-order valence-electron chi connectivity index (χ0n) is 14.6. The Morgan fingerprint density at radius 3 is 2.62 bits per heavy atom. The molecule has 0 radical (unpaired) electrons. The first-order valence-corrected chi connectivity index (χ1v) is 9.21. The third-order valence-corrected chi connectivity index (χ3v) is 5.13. The third kappa shape index (κ3) is 3.71. The molecule has 6 nitrogen and oxygen atoms in total. The first-order valence-electron chi connectivity index (χ1n) is 8.39. The Kier molecular flexibility index (Phi) is 4.81. The Balaban J connectivity index is 1.69. The summed E-state index contributed by atoms with van der Waals surface area (Å²) in [6.45, 7) is -0.214. The molecular formula is C19H13F3N4O2S. The molecule has 10 heteroatoms. The molecule has 0 bridgehead atoms. The van der Waals surface area contributed by atoms with Gasteiger partial charge in [0.05, 0.1) is 34.3 Å². The molecular weight excluding hydrogens is 405 g/mol. The molecule has 0 saturated heterocycles. The molecule has 2 heterocycles. The number of aliphatic hydroxyl groups excluding tert-OH is 1. The van der Waals surface area contributed by atoms with Gasteiger partial charge in [0.2, 0.25) is 0 Å². The Labute approximate surface area is 166 Å². The van der Waals surface area contributed by atoms with Crippen molar-refractivity contribution in [2.24, 2.45) is 0 Å². The average Bonchev–Trinajstić information content (AvgIpc) is 3.32. The van der Waals surface area contributed by atoms with Crippen molar-refractivity contribution in [2.45, 2.75) is 12.8 Å². The maximum atomic E-state index is 13.7. The number of nitrogens with one attached hydrogen (secondary N) is 1. The van der Waals surface area contributed by atoms with Crippen molar-refractivity contribution >= 4 is 33.1 Å². The van der Waals surface area contributed by atoms with Crippen LogP contribution in [0, 0.1) is 0 Å². The molecule has 2 aromatic heterocycles. The highest BCUT2D eigenvalue weighted by atomic mass is 32.1. The highest BCUT2D eigenvalue weighted by Crippen LogP contribution is 2.34. The van der Waals surface area contributed by atoms with E-state index >= 15 is 0 Å². The van der Waals surface area contributed by atoms with E-state index in [-0.39, 0.29) is 18.0 Å². The predicted octanol–water partition coefficient (Wildman–Crippen LogP) is 4.25. The molecule has 0 atom stereocenters. The van der Waals surface area contributed by atoms with E-state index < -0.39 is 23.3 Å². The quantitative estimate of drug-likeness (QED) is 0.519. The van der Waals surface area contributed by atoms with Gasteiger partial charge in [-0.25, -0.2) is 9.67 Å². The molecule has 29 heavy (non-hydrogen) atoms. The van der Waals surface area contributed by atoms with Crippen LogP contribution in [0.2, 0.25) is 0 Å². The molecule has 0 spiro atoms. The molecule has 148 valence electrons. The standard InChI is InChI=1S/C19H13F3N4O2S/c20-19(21,22)17-13(9-23-26(17)12-4-2-1-3-5-12)18(28)24-11-6-7-15-14(8-11)25-16(10-27)29-15/h1-9,27H,10H2,(H,24,28). The van der Waals surface area contributed by atoms with Crippen LogP contribution in [0.25, 0.3) is 15.9 Å². The van der Waals surface area contributed by atoms with Gasteiger partial charge in [0.15, 0.2) is 5.69 Å². The van der Waals surface area contributed by atoms with Gasteiger partial charge in [-0.05, 0) is 30.3 Å². The maximum Gasteiger partial charge on any atom is 0.434 e. The lowest BCUT2D eigenvalue weighted by Gasteiger charge is -2.13. The molecule has 2 aromatic carbocycles. The van der Waals surface area contributed by atoms with Crippen LogP contribution < -0.4 is 5.32 Å². The number of carbonyl (C=O) groups excluding carboxylic acids is 1. The largest absolute Gasteiger partial charge is 0.434 e. The van der Waals surface area contributed by atoms with Crippen LogP contribution >= 0.6 is 11.3 Å². The van der Waals surface area contributed by atoms with Gasteiger partial charge in [0, 0.05) is 5.69 Å². The van der Waals surface area contributed by atoms with Crippen LogP contribution in [-0.2, 0) is 12.8 Å². The summed E-state index contributed by atoms with van der Waals surface area (Å²) < 4.78 is 42.6. The highest BCUT2D eigenvalue weighted by Gasteiger charge is 2.40. The first kappa shape index (κ1) is 19.1. The number of halogens is 3. The smallest absolute Gasteiger partial charge is 0.389 e. The Morgan fingerprint density at radius 1 is 1.17 bits per heavy atom. The van der Waals surface area contributed by atoms with Crippen LogP contribution in [0.5, 0.6) is 0 Å². The van der Waals surface area contributed by atoms with Gasteiger partial charge >= 0.3 is 6.18 Å². The second-order valence-corrected chi connectivity index (χ2v) is 7.17. The maximum absolute atomic E-state index is 13.7. The molecule has 2 N–H and O–H groups in total. The molecule has 0 aliphatic rings. The molecule has 4 aromatic rings. The fourth-order valence-corrected chi connectivity index (χ4v) is 3.68. The lowest BCUT2D eigenvalue weighted by molar-refractivity contribution is -0.143. The molecule has 0 fully saturated rings. The predicted molar refractivity (Wildman–Crippen MR) is 102 cm³/mol. The van der Waals surface area contributed by atoms with E-state index in [9.17, 15) is 18.0 Å². The van der Waals surface area contributed by atoms with Gasteiger partial charge in [-0.3, -0.25) is 4.79 Å². The summed E-state index contributed by atoms with van der Waals surface area (Å²) in [5.41, 5.74) is -0.723. The van der Waals surface area contributed by atoms with Crippen LogP contribution in [0.4, 0.5) is 18.9 Å². The third-order valence-electron chi connectivity index (χ3n) is 4.11. The number of hydrogen-bond acceptors (Lipinski definition) is 5. The van der Waals surface area contributed by atoms with E-state index in [2.05, 4.69) is 15.4 Å².